The second-order valence-corrected chi connectivity index (χ2v) is 6.76. The van der Waals surface area contributed by atoms with Crippen LogP contribution < -0.4 is 9.47 Å². The minimum absolute atomic E-state index is 0.538. The molecule has 120 valence electrons. The number of rotatable bonds is 6. The zero-order chi connectivity index (χ0) is 15.5. The summed E-state index contributed by atoms with van der Waals surface area (Å²) in [5.41, 5.74) is 0.538. The molecule has 0 spiro atoms. The van der Waals surface area contributed by atoms with Gasteiger partial charge in [-0.25, -0.2) is 0 Å². The number of ether oxygens (including phenoxy) is 2. The number of benzene rings is 2. The van der Waals surface area contributed by atoms with Gasteiger partial charge in [0.2, 0.25) is 0 Å². The van der Waals surface area contributed by atoms with E-state index >= 15 is 0 Å². The van der Waals surface area contributed by atoms with Crippen LogP contribution >= 0.6 is 0 Å². The van der Waals surface area contributed by atoms with Gasteiger partial charge in [-0.15, -0.1) is 0 Å². The monoisotopic (exact) mass is 309 g/mol. The van der Waals surface area contributed by atoms with E-state index in [-0.39, 0.29) is 0 Å². The van der Waals surface area contributed by atoms with Crippen molar-refractivity contribution in [3.05, 3.63) is 54.6 Å². The lowest BCUT2D eigenvalue weighted by Crippen LogP contribution is -2.22. The Morgan fingerprint density at radius 1 is 0.826 bits per heavy atom. The number of para-hydroxylation sites is 1. The lowest BCUT2D eigenvalue weighted by Gasteiger charge is -2.24. The van der Waals surface area contributed by atoms with E-state index in [1.165, 1.54) is 38.9 Å². The zero-order valence-corrected chi connectivity index (χ0v) is 13.4. The molecule has 3 heteroatoms. The van der Waals surface area contributed by atoms with Gasteiger partial charge in [0.15, 0.2) is 0 Å². The fraction of sp³-hybridized carbons (Fsp3) is 0.400. The van der Waals surface area contributed by atoms with Crippen molar-refractivity contribution < 1.29 is 9.47 Å². The maximum absolute atomic E-state index is 5.94. The van der Waals surface area contributed by atoms with Gasteiger partial charge in [-0.05, 0) is 74.2 Å². The second-order valence-electron chi connectivity index (χ2n) is 6.76. The van der Waals surface area contributed by atoms with Crippen LogP contribution in [0.15, 0.2) is 54.6 Å². The molecule has 23 heavy (non-hydrogen) atoms. The third-order valence-electron chi connectivity index (χ3n) is 5.18. The molecule has 2 aromatic rings. The van der Waals surface area contributed by atoms with Crippen LogP contribution in [0.25, 0.3) is 0 Å². The smallest absolute Gasteiger partial charge is 0.127 e. The molecule has 3 nitrogen and oxygen atoms in total. The van der Waals surface area contributed by atoms with Crippen LogP contribution in [0.3, 0.4) is 0 Å². The molecule has 2 fully saturated rings. The Labute approximate surface area is 137 Å². The fourth-order valence-corrected chi connectivity index (χ4v) is 3.76. The number of piperidine rings is 1. The van der Waals surface area contributed by atoms with Crippen LogP contribution in [-0.2, 0) is 0 Å². The summed E-state index contributed by atoms with van der Waals surface area (Å²) in [6.45, 7) is 4.66. The Kier molecular flexibility index (Phi) is 3.96. The highest BCUT2D eigenvalue weighted by Gasteiger charge is 2.43. The molecule has 0 aromatic heterocycles. The molecule has 2 aromatic carbocycles. The lowest BCUT2D eigenvalue weighted by molar-refractivity contribution is 0.214. The van der Waals surface area contributed by atoms with Crippen LogP contribution in [0.4, 0.5) is 0 Å². The number of hydrogen-bond acceptors (Lipinski definition) is 3. The van der Waals surface area contributed by atoms with Crippen molar-refractivity contribution in [3.8, 4) is 17.2 Å². The van der Waals surface area contributed by atoms with E-state index in [1.807, 2.05) is 54.6 Å². The molecule has 0 N–H and O–H groups in total. The molecule has 0 amide bonds. The van der Waals surface area contributed by atoms with Crippen molar-refractivity contribution in [1.82, 2.24) is 4.90 Å². The van der Waals surface area contributed by atoms with Crippen LogP contribution in [-0.4, -0.2) is 31.1 Å². The number of nitrogens with zero attached hydrogens (tertiary/aromatic N) is 1. The second kappa shape index (κ2) is 6.25. The molecule has 0 unspecified atom stereocenters. The highest BCUT2D eigenvalue weighted by molar-refractivity contribution is 5.35. The first-order valence-corrected chi connectivity index (χ1v) is 8.50. The Balaban J connectivity index is 1.28. The molecule has 2 saturated heterocycles. The summed E-state index contributed by atoms with van der Waals surface area (Å²) in [4.78, 5) is 2.58. The van der Waals surface area contributed by atoms with Gasteiger partial charge >= 0.3 is 0 Å². The average Bonchev–Trinajstić information content (AvgIpc) is 3.18. The molecule has 0 aliphatic carbocycles. The standard InChI is InChI=1S/C20H23NO2/c1-2-4-18(5-3-1)23-19-8-6-17(7-9-19)22-15-12-20-10-13-21(16-20)14-11-20/h1-9H,10-16H2. The topological polar surface area (TPSA) is 21.7 Å². The molecule has 4 rings (SSSR count). The van der Waals surface area contributed by atoms with Crippen molar-refractivity contribution in [2.24, 2.45) is 5.41 Å². The van der Waals surface area contributed by atoms with E-state index in [2.05, 4.69) is 4.90 Å². The summed E-state index contributed by atoms with van der Waals surface area (Å²) >= 11 is 0. The summed E-state index contributed by atoms with van der Waals surface area (Å²) < 4.78 is 11.7. The lowest BCUT2D eigenvalue weighted by atomic mass is 9.82. The van der Waals surface area contributed by atoms with E-state index in [1.54, 1.807) is 0 Å². The van der Waals surface area contributed by atoms with Gasteiger partial charge in [0, 0.05) is 6.54 Å². The Morgan fingerprint density at radius 3 is 2.13 bits per heavy atom. The summed E-state index contributed by atoms with van der Waals surface area (Å²) in [7, 11) is 0. The van der Waals surface area contributed by atoms with Crippen molar-refractivity contribution >= 4 is 0 Å². The molecular weight excluding hydrogens is 286 g/mol. The first-order chi connectivity index (χ1) is 11.3. The summed E-state index contributed by atoms with van der Waals surface area (Å²) in [6, 6.07) is 17.8. The van der Waals surface area contributed by atoms with Gasteiger partial charge in [-0.2, -0.15) is 0 Å². The van der Waals surface area contributed by atoms with Gasteiger partial charge in [0.05, 0.1) is 6.61 Å². The van der Waals surface area contributed by atoms with Gasteiger partial charge in [0.1, 0.15) is 17.2 Å². The molecule has 2 bridgehead atoms. The third-order valence-corrected chi connectivity index (χ3v) is 5.18. The summed E-state index contributed by atoms with van der Waals surface area (Å²) in [5.74, 6) is 2.62. The average molecular weight is 309 g/mol. The first kappa shape index (κ1) is 14.6. The SMILES string of the molecule is c1ccc(Oc2ccc(OCCC34CCN(CC3)C4)cc2)cc1. The minimum Gasteiger partial charge on any atom is -0.494 e. The molecule has 0 atom stereocenters. The van der Waals surface area contributed by atoms with Gasteiger partial charge < -0.3 is 14.4 Å². The summed E-state index contributed by atoms with van der Waals surface area (Å²) in [6.07, 6.45) is 3.87. The van der Waals surface area contributed by atoms with Crippen LogP contribution in [0.2, 0.25) is 0 Å². The zero-order valence-electron chi connectivity index (χ0n) is 13.4. The van der Waals surface area contributed by atoms with E-state index in [9.17, 15) is 0 Å². The normalized spacial score (nSPS) is 25.5. The van der Waals surface area contributed by atoms with Gasteiger partial charge in [0.25, 0.3) is 0 Å². The van der Waals surface area contributed by atoms with E-state index in [4.69, 9.17) is 9.47 Å². The Morgan fingerprint density at radius 2 is 1.48 bits per heavy atom. The number of fused-ring (bicyclic) bond motifs is 2. The van der Waals surface area contributed by atoms with Gasteiger partial charge in [-0.3, -0.25) is 0 Å². The number of hydrogen-bond donors (Lipinski definition) is 0. The third kappa shape index (κ3) is 3.35. The maximum Gasteiger partial charge on any atom is 0.127 e. The molecule has 2 heterocycles. The highest BCUT2D eigenvalue weighted by Crippen LogP contribution is 2.43. The van der Waals surface area contributed by atoms with Crippen LogP contribution in [0.1, 0.15) is 19.3 Å². The Hall–Kier alpha value is -2.00. The Bertz CT molecular complexity index is 630. The molecule has 0 saturated carbocycles. The van der Waals surface area contributed by atoms with Crippen molar-refractivity contribution in [2.45, 2.75) is 19.3 Å². The largest absolute Gasteiger partial charge is 0.494 e. The van der Waals surface area contributed by atoms with Crippen LogP contribution in [0.5, 0.6) is 17.2 Å². The molecular formula is C20H23NO2. The molecule has 2 aliphatic rings. The maximum atomic E-state index is 5.94. The van der Waals surface area contributed by atoms with Crippen molar-refractivity contribution in [3.63, 3.8) is 0 Å². The predicted octanol–water partition coefficient (Wildman–Crippen LogP) is 4.34. The van der Waals surface area contributed by atoms with Crippen molar-refractivity contribution in [1.29, 1.82) is 0 Å². The quantitative estimate of drug-likeness (QED) is 0.792. The van der Waals surface area contributed by atoms with Crippen molar-refractivity contribution in [2.75, 3.05) is 26.2 Å². The minimum atomic E-state index is 0.538. The van der Waals surface area contributed by atoms with E-state index < -0.39 is 0 Å². The van der Waals surface area contributed by atoms with E-state index in [0.29, 0.717) is 5.41 Å². The highest BCUT2D eigenvalue weighted by atomic mass is 16.5. The molecule has 0 radical (unpaired) electrons. The predicted molar refractivity (Wildman–Crippen MR) is 91.2 cm³/mol. The van der Waals surface area contributed by atoms with Crippen LogP contribution in [0, 0.1) is 5.41 Å². The fourth-order valence-electron chi connectivity index (χ4n) is 3.76. The molecule has 2 aliphatic heterocycles. The van der Waals surface area contributed by atoms with Gasteiger partial charge in [-0.1, -0.05) is 18.2 Å². The summed E-state index contributed by atoms with van der Waals surface area (Å²) in [5, 5.41) is 0. The first-order valence-electron chi connectivity index (χ1n) is 8.50. The van der Waals surface area contributed by atoms with E-state index in [0.717, 1.165) is 23.9 Å².